The van der Waals surface area contributed by atoms with Crippen LogP contribution in [-0.2, 0) is 9.59 Å². The summed E-state index contributed by atoms with van der Waals surface area (Å²) >= 11 is 0. The highest BCUT2D eigenvalue weighted by Crippen LogP contribution is 2.22. The molecule has 0 aliphatic carbocycles. The van der Waals surface area contributed by atoms with Gasteiger partial charge < -0.3 is 0 Å². The van der Waals surface area contributed by atoms with E-state index in [-0.39, 0.29) is 5.92 Å². The molecule has 0 heterocycles. The Balaban J connectivity index is 3.94. The summed E-state index contributed by atoms with van der Waals surface area (Å²) in [5.41, 5.74) is 1.17. The topological polar surface area (TPSA) is 34.1 Å². The van der Waals surface area contributed by atoms with E-state index in [2.05, 4.69) is 39.5 Å². The van der Waals surface area contributed by atoms with Crippen molar-refractivity contribution in [3.63, 3.8) is 0 Å². The molecule has 0 N–H and O–H groups in total. The summed E-state index contributed by atoms with van der Waals surface area (Å²) < 4.78 is 0. The van der Waals surface area contributed by atoms with Crippen molar-refractivity contribution >= 4 is 11.6 Å². The van der Waals surface area contributed by atoms with Crippen LogP contribution in [0.5, 0.6) is 0 Å². The summed E-state index contributed by atoms with van der Waals surface area (Å²) in [7, 11) is 0. The second kappa shape index (κ2) is 36.7. The van der Waals surface area contributed by atoms with Crippen LogP contribution in [0.4, 0.5) is 0 Å². The minimum Gasteiger partial charge on any atom is -0.300 e. The highest BCUT2D eigenvalue weighted by Gasteiger charge is 2.21. The van der Waals surface area contributed by atoms with Crippen molar-refractivity contribution in [1.82, 2.24) is 0 Å². The molecular formula is C44H82O2. The fraction of sp³-hybridized carbons (Fsp3) is 0.864. The van der Waals surface area contributed by atoms with Gasteiger partial charge in [-0.2, -0.15) is 0 Å². The highest BCUT2D eigenvalue weighted by molar-refractivity contribution is 5.87. The number of Topliss-reactive ketones (excluding diaryl/α,β-unsaturated/α-hetero) is 2. The van der Waals surface area contributed by atoms with E-state index in [0.29, 0.717) is 30.8 Å². The van der Waals surface area contributed by atoms with Crippen LogP contribution in [0.25, 0.3) is 0 Å². The molecule has 0 aromatic heterocycles. The van der Waals surface area contributed by atoms with Crippen molar-refractivity contribution < 1.29 is 9.59 Å². The van der Waals surface area contributed by atoms with Crippen molar-refractivity contribution in [2.45, 2.75) is 239 Å². The lowest BCUT2D eigenvalue weighted by Crippen LogP contribution is -2.19. The molecule has 0 saturated carbocycles. The molecule has 0 spiro atoms. The van der Waals surface area contributed by atoms with Crippen molar-refractivity contribution in [2.75, 3.05) is 0 Å². The van der Waals surface area contributed by atoms with E-state index in [1.807, 2.05) is 0 Å². The van der Waals surface area contributed by atoms with Gasteiger partial charge in [0.05, 0.1) is 0 Å². The van der Waals surface area contributed by atoms with Gasteiger partial charge in [0.1, 0.15) is 11.6 Å². The Bertz CT molecular complexity index is 705. The average Bonchev–Trinajstić information content (AvgIpc) is 3.04. The number of allylic oxidation sites excluding steroid dienone is 3. The molecule has 0 aromatic rings. The number of unbranched alkanes of at least 4 members (excludes halogenated alkanes) is 25. The quantitative estimate of drug-likeness (QED) is 0.0496. The van der Waals surface area contributed by atoms with Crippen molar-refractivity contribution in [1.29, 1.82) is 0 Å². The summed E-state index contributed by atoms with van der Waals surface area (Å²) in [6, 6.07) is 0. The summed E-state index contributed by atoms with van der Waals surface area (Å²) in [6.45, 7) is 10.6. The van der Waals surface area contributed by atoms with Crippen LogP contribution in [0, 0.1) is 5.92 Å². The number of carbonyl (C=O) groups is 2. The number of hydrogen-bond acceptors (Lipinski definition) is 2. The predicted octanol–water partition coefficient (Wildman–Crippen LogP) is 15.2. The Labute approximate surface area is 289 Å². The zero-order valence-electron chi connectivity index (χ0n) is 31.8. The normalized spacial score (nSPS) is 12.2. The fourth-order valence-electron chi connectivity index (χ4n) is 6.67. The van der Waals surface area contributed by atoms with Crippen molar-refractivity contribution in [3.8, 4) is 0 Å². The van der Waals surface area contributed by atoms with E-state index in [4.69, 9.17) is 0 Å². The molecule has 0 saturated heterocycles. The monoisotopic (exact) mass is 643 g/mol. The van der Waals surface area contributed by atoms with Gasteiger partial charge in [-0.05, 0) is 64.7 Å². The van der Waals surface area contributed by atoms with E-state index in [0.717, 1.165) is 44.9 Å². The molecule has 2 heteroatoms. The maximum atomic E-state index is 13.1. The molecule has 46 heavy (non-hydrogen) atoms. The van der Waals surface area contributed by atoms with Gasteiger partial charge in [0.15, 0.2) is 0 Å². The summed E-state index contributed by atoms with van der Waals surface area (Å²) in [5.74, 6) is 0.582. The smallest absolute Gasteiger partial charge is 0.136 e. The zero-order valence-corrected chi connectivity index (χ0v) is 31.8. The van der Waals surface area contributed by atoms with Crippen molar-refractivity contribution in [2.24, 2.45) is 5.92 Å². The number of hydrogen-bond donors (Lipinski definition) is 0. The zero-order chi connectivity index (χ0) is 33.8. The SMILES string of the molecule is C=C(C)CCC[C@H](CC(=O)CCCCCCCC=CCCCCCCCC)C(=O)CCCCCCCCCCCCCCCCC. The highest BCUT2D eigenvalue weighted by atomic mass is 16.1. The Morgan fingerprint density at radius 1 is 0.478 bits per heavy atom. The minimum atomic E-state index is -0.0679. The Kier molecular flexibility index (Phi) is 35.7. The van der Waals surface area contributed by atoms with Crippen LogP contribution in [0.15, 0.2) is 24.3 Å². The Hall–Kier alpha value is -1.18. The van der Waals surface area contributed by atoms with E-state index in [1.54, 1.807) is 0 Å². The van der Waals surface area contributed by atoms with E-state index in [9.17, 15) is 9.59 Å². The van der Waals surface area contributed by atoms with Crippen LogP contribution < -0.4 is 0 Å². The molecule has 0 aliphatic rings. The molecule has 0 radical (unpaired) electrons. The van der Waals surface area contributed by atoms with Gasteiger partial charge in [0, 0.05) is 25.2 Å². The van der Waals surface area contributed by atoms with Gasteiger partial charge in [-0.3, -0.25) is 9.59 Å². The van der Waals surface area contributed by atoms with Gasteiger partial charge in [-0.15, -0.1) is 6.58 Å². The third-order valence-corrected chi connectivity index (χ3v) is 9.83. The van der Waals surface area contributed by atoms with E-state index < -0.39 is 0 Å². The first-order valence-corrected chi connectivity index (χ1v) is 20.8. The average molecular weight is 643 g/mol. The first-order chi connectivity index (χ1) is 22.5. The lowest BCUT2D eigenvalue weighted by Gasteiger charge is -2.15. The van der Waals surface area contributed by atoms with Gasteiger partial charge in [-0.1, -0.05) is 173 Å². The molecule has 270 valence electrons. The largest absolute Gasteiger partial charge is 0.300 e. The minimum absolute atomic E-state index is 0.0679. The second-order valence-electron chi connectivity index (χ2n) is 14.8. The number of carbonyl (C=O) groups excluding carboxylic acids is 2. The molecule has 0 unspecified atom stereocenters. The standard InChI is InChI=1S/C44H82O2/c1-5-7-9-11-13-15-17-19-21-23-25-27-29-31-33-38-43(45)40-42(37-35-36-41(3)4)44(46)39-34-32-30-28-26-24-22-20-18-16-14-12-10-8-6-2/h19,21,42H,3,5-18,20,22-40H2,1-2,4H3/t42-/m1/s1. The lowest BCUT2D eigenvalue weighted by molar-refractivity contribution is -0.128. The molecule has 0 amide bonds. The first-order valence-electron chi connectivity index (χ1n) is 20.8. The summed E-state index contributed by atoms with van der Waals surface area (Å²) in [6.07, 6.45) is 46.0. The third kappa shape index (κ3) is 34.2. The molecule has 0 rings (SSSR count). The molecule has 0 aliphatic heterocycles. The molecule has 1 atom stereocenters. The second-order valence-corrected chi connectivity index (χ2v) is 14.8. The van der Waals surface area contributed by atoms with Crippen LogP contribution in [0.1, 0.15) is 239 Å². The third-order valence-electron chi connectivity index (χ3n) is 9.83. The fourth-order valence-corrected chi connectivity index (χ4v) is 6.67. The van der Waals surface area contributed by atoms with E-state index in [1.165, 1.54) is 160 Å². The van der Waals surface area contributed by atoms with Gasteiger partial charge in [0.25, 0.3) is 0 Å². The van der Waals surface area contributed by atoms with Crippen LogP contribution in [0.3, 0.4) is 0 Å². The molecule has 2 nitrogen and oxygen atoms in total. The summed E-state index contributed by atoms with van der Waals surface area (Å²) in [5, 5.41) is 0. The van der Waals surface area contributed by atoms with Gasteiger partial charge in [-0.25, -0.2) is 0 Å². The summed E-state index contributed by atoms with van der Waals surface area (Å²) in [4.78, 5) is 25.9. The van der Waals surface area contributed by atoms with Gasteiger partial charge in [0.2, 0.25) is 0 Å². The molecule has 0 fully saturated rings. The molecule has 0 bridgehead atoms. The lowest BCUT2D eigenvalue weighted by atomic mass is 9.87. The van der Waals surface area contributed by atoms with Crippen molar-refractivity contribution in [3.05, 3.63) is 24.3 Å². The first kappa shape index (κ1) is 44.8. The number of ketones is 2. The van der Waals surface area contributed by atoms with Crippen LogP contribution in [0.2, 0.25) is 0 Å². The van der Waals surface area contributed by atoms with E-state index >= 15 is 0 Å². The maximum absolute atomic E-state index is 13.1. The van der Waals surface area contributed by atoms with Gasteiger partial charge >= 0.3 is 0 Å². The Morgan fingerprint density at radius 2 is 0.848 bits per heavy atom. The van der Waals surface area contributed by atoms with Crippen LogP contribution >= 0.6 is 0 Å². The van der Waals surface area contributed by atoms with Crippen LogP contribution in [-0.4, -0.2) is 11.6 Å². The number of rotatable bonds is 38. The maximum Gasteiger partial charge on any atom is 0.136 e. The predicted molar refractivity (Wildman–Crippen MR) is 206 cm³/mol. The molecular weight excluding hydrogens is 560 g/mol. The Morgan fingerprint density at radius 3 is 1.26 bits per heavy atom. The molecule has 0 aromatic carbocycles.